The third-order valence-corrected chi connectivity index (χ3v) is 4.18. The summed E-state index contributed by atoms with van der Waals surface area (Å²) in [6.45, 7) is 3.28. The van der Waals surface area contributed by atoms with Gasteiger partial charge in [0.05, 0.1) is 0 Å². The molecule has 7 heteroatoms. The molecule has 1 aliphatic rings. The molecule has 23 heavy (non-hydrogen) atoms. The van der Waals surface area contributed by atoms with Gasteiger partial charge in [-0.15, -0.1) is 10.2 Å². The van der Waals surface area contributed by atoms with Crippen LogP contribution < -0.4 is 5.32 Å². The predicted octanol–water partition coefficient (Wildman–Crippen LogP) is 2.04. The Morgan fingerprint density at radius 1 is 1.39 bits per heavy atom. The highest BCUT2D eigenvalue weighted by atomic mass is 19.2. The normalized spacial score (nSPS) is 19.6. The summed E-state index contributed by atoms with van der Waals surface area (Å²) in [7, 11) is 0. The Bertz CT molecular complexity index is 716. The van der Waals surface area contributed by atoms with Crippen molar-refractivity contribution in [1.29, 1.82) is 0 Å². The molecule has 1 aromatic heterocycles. The first-order valence-electron chi connectivity index (χ1n) is 7.69. The number of amides is 1. The zero-order chi connectivity index (χ0) is 16.4. The molecule has 1 N–H and O–H groups in total. The molecule has 1 aromatic carbocycles. The zero-order valence-corrected chi connectivity index (χ0v) is 12.8. The van der Waals surface area contributed by atoms with E-state index in [1.165, 1.54) is 6.07 Å². The van der Waals surface area contributed by atoms with Crippen molar-refractivity contribution in [2.24, 2.45) is 5.92 Å². The summed E-state index contributed by atoms with van der Waals surface area (Å²) < 4.78 is 28.1. The number of hydrogen-bond donors (Lipinski definition) is 1. The Balaban J connectivity index is 1.49. The van der Waals surface area contributed by atoms with E-state index in [2.05, 4.69) is 15.5 Å². The standard InChI is InChI=1S/C16H18F2N4O/c1-2-22-9-20-21-15(22)5-6-19-16(23)12-8-11(12)10-3-4-13(17)14(18)7-10/h3-4,7,9,11-12H,2,5-6,8H2,1H3,(H,19,23). The molecule has 0 spiro atoms. The lowest BCUT2D eigenvalue weighted by Gasteiger charge is -2.06. The van der Waals surface area contributed by atoms with Crippen LogP contribution >= 0.6 is 0 Å². The summed E-state index contributed by atoms with van der Waals surface area (Å²) >= 11 is 0. The fourth-order valence-corrected chi connectivity index (χ4v) is 2.76. The van der Waals surface area contributed by atoms with Gasteiger partial charge in [0, 0.05) is 25.4 Å². The molecule has 0 saturated heterocycles. The lowest BCUT2D eigenvalue weighted by Crippen LogP contribution is -2.28. The van der Waals surface area contributed by atoms with Crippen LogP contribution in [0.3, 0.4) is 0 Å². The SMILES string of the molecule is CCn1cnnc1CCNC(=O)C1CC1c1ccc(F)c(F)c1. The van der Waals surface area contributed by atoms with E-state index < -0.39 is 11.6 Å². The van der Waals surface area contributed by atoms with Gasteiger partial charge in [0.2, 0.25) is 5.91 Å². The zero-order valence-electron chi connectivity index (χ0n) is 12.8. The fraction of sp³-hybridized carbons (Fsp3) is 0.438. The molecule has 2 aromatic rings. The Hall–Kier alpha value is -2.31. The van der Waals surface area contributed by atoms with Gasteiger partial charge >= 0.3 is 0 Å². The average Bonchev–Trinajstić information content (AvgIpc) is 3.22. The molecule has 2 atom stereocenters. The minimum Gasteiger partial charge on any atom is -0.355 e. The lowest BCUT2D eigenvalue weighted by atomic mass is 10.1. The molecule has 1 heterocycles. The number of halogens is 2. The number of rotatable bonds is 6. The Kier molecular flexibility index (Phi) is 4.36. The van der Waals surface area contributed by atoms with Crippen molar-refractivity contribution in [3.63, 3.8) is 0 Å². The molecule has 3 rings (SSSR count). The molecule has 2 unspecified atom stereocenters. The smallest absolute Gasteiger partial charge is 0.223 e. The van der Waals surface area contributed by atoms with Gasteiger partial charge in [-0.3, -0.25) is 4.79 Å². The molecule has 1 amide bonds. The summed E-state index contributed by atoms with van der Waals surface area (Å²) in [4.78, 5) is 12.1. The molecular weight excluding hydrogens is 302 g/mol. The van der Waals surface area contributed by atoms with E-state index >= 15 is 0 Å². The van der Waals surface area contributed by atoms with E-state index in [1.54, 1.807) is 12.4 Å². The monoisotopic (exact) mass is 320 g/mol. The maximum absolute atomic E-state index is 13.2. The lowest BCUT2D eigenvalue weighted by molar-refractivity contribution is -0.122. The highest BCUT2D eigenvalue weighted by molar-refractivity contribution is 5.82. The van der Waals surface area contributed by atoms with Crippen molar-refractivity contribution in [3.05, 3.63) is 47.5 Å². The topological polar surface area (TPSA) is 59.8 Å². The van der Waals surface area contributed by atoms with Crippen molar-refractivity contribution < 1.29 is 13.6 Å². The van der Waals surface area contributed by atoms with Gasteiger partial charge in [-0.25, -0.2) is 8.78 Å². The maximum atomic E-state index is 13.2. The first-order valence-corrected chi connectivity index (χ1v) is 7.69. The number of carbonyl (C=O) groups excluding carboxylic acids is 1. The van der Waals surface area contributed by atoms with E-state index in [9.17, 15) is 13.6 Å². The molecule has 1 fully saturated rings. The number of benzene rings is 1. The van der Waals surface area contributed by atoms with Gasteiger partial charge in [0.1, 0.15) is 12.2 Å². The van der Waals surface area contributed by atoms with E-state index in [4.69, 9.17) is 0 Å². The van der Waals surface area contributed by atoms with Crippen LogP contribution in [0, 0.1) is 17.6 Å². The molecule has 0 bridgehead atoms. The minimum atomic E-state index is -0.868. The fourth-order valence-electron chi connectivity index (χ4n) is 2.76. The van der Waals surface area contributed by atoms with Gasteiger partial charge < -0.3 is 9.88 Å². The second-order valence-electron chi connectivity index (χ2n) is 5.70. The molecule has 1 aliphatic carbocycles. The third-order valence-electron chi connectivity index (χ3n) is 4.18. The minimum absolute atomic E-state index is 0.0237. The van der Waals surface area contributed by atoms with Crippen molar-refractivity contribution in [1.82, 2.24) is 20.1 Å². The van der Waals surface area contributed by atoms with Crippen LogP contribution in [0.5, 0.6) is 0 Å². The van der Waals surface area contributed by atoms with Crippen LogP contribution in [0.4, 0.5) is 8.78 Å². The molecule has 5 nitrogen and oxygen atoms in total. The highest BCUT2D eigenvalue weighted by Gasteiger charge is 2.44. The number of carbonyl (C=O) groups is 1. The van der Waals surface area contributed by atoms with E-state index in [1.807, 2.05) is 11.5 Å². The highest BCUT2D eigenvalue weighted by Crippen LogP contribution is 2.47. The Morgan fingerprint density at radius 3 is 2.96 bits per heavy atom. The Labute approximate surface area is 132 Å². The summed E-state index contributed by atoms with van der Waals surface area (Å²) in [5.74, 6) is -1.14. The van der Waals surface area contributed by atoms with Crippen LogP contribution in [0.2, 0.25) is 0 Å². The van der Waals surface area contributed by atoms with Gasteiger partial charge in [0.25, 0.3) is 0 Å². The van der Waals surface area contributed by atoms with Crippen molar-refractivity contribution in [3.8, 4) is 0 Å². The summed E-state index contributed by atoms with van der Waals surface area (Å²) in [6, 6.07) is 3.83. The van der Waals surface area contributed by atoms with Gasteiger partial charge in [0.15, 0.2) is 11.6 Å². The van der Waals surface area contributed by atoms with E-state index in [-0.39, 0.29) is 17.7 Å². The summed E-state index contributed by atoms with van der Waals surface area (Å²) in [5, 5.41) is 10.7. The van der Waals surface area contributed by atoms with E-state index in [0.29, 0.717) is 24.9 Å². The van der Waals surface area contributed by atoms with Crippen molar-refractivity contribution >= 4 is 5.91 Å². The number of aryl methyl sites for hydroxylation is 1. The van der Waals surface area contributed by atoms with Gasteiger partial charge in [-0.05, 0) is 37.0 Å². The number of nitrogens with one attached hydrogen (secondary N) is 1. The second-order valence-corrected chi connectivity index (χ2v) is 5.70. The first kappa shape index (κ1) is 15.6. The third kappa shape index (κ3) is 3.38. The van der Waals surface area contributed by atoms with Crippen LogP contribution in [-0.2, 0) is 17.8 Å². The largest absolute Gasteiger partial charge is 0.355 e. The number of aromatic nitrogens is 3. The first-order chi connectivity index (χ1) is 11.1. The summed E-state index contributed by atoms with van der Waals surface area (Å²) in [5.41, 5.74) is 0.676. The molecule has 1 saturated carbocycles. The summed E-state index contributed by atoms with van der Waals surface area (Å²) in [6.07, 6.45) is 2.95. The van der Waals surface area contributed by atoms with Crippen molar-refractivity contribution in [2.75, 3.05) is 6.54 Å². The maximum Gasteiger partial charge on any atom is 0.223 e. The average molecular weight is 320 g/mol. The molecule has 122 valence electrons. The predicted molar refractivity (Wildman–Crippen MR) is 79.6 cm³/mol. The van der Waals surface area contributed by atoms with Crippen LogP contribution in [0.15, 0.2) is 24.5 Å². The second kappa shape index (κ2) is 6.44. The Morgan fingerprint density at radius 2 is 2.22 bits per heavy atom. The number of nitrogens with zero attached hydrogens (tertiary/aromatic N) is 3. The van der Waals surface area contributed by atoms with Crippen LogP contribution in [-0.4, -0.2) is 27.2 Å². The van der Waals surface area contributed by atoms with Crippen LogP contribution in [0.1, 0.15) is 30.7 Å². The number of hydrogen-bond acceptors (Lipinski definition) is 3. The van der Waals surface area contributed by atoms with Crippen molar-refractivity contribution in [2.45, 2.75) is 32.2 Å². The van der Waals surface area contributed by atoms with E-state index in [0.717, 1.165) is 18.4 Å². The quantitative estimate of drug-likeness (QED) is 0.886. The van der Waals surface area contributed by atoms with Gasteiger partial charge in [-0.2, -0.15) is 0 Å². The van der Waals surface area contributed by atoms with Crippen LogP contribution in [0.25, 0.3) is 0 Å². The molecular formula is C16H18F2N4O. The molecule has 0 radical (unpaired) electrons. The van der Waals surface area contributed by atoms with Gasteiger partial charge in [-0.1, -0.05) is 6.07 Å². The molecule has 0 aliphatic heterocycles.